The average Bonchev–Trinajstić information content (AvgIpc) is 2.58. The molecule has 0 amide bonds. The monoisotopic (exact) mass is 206 g/mol. The summed E-state index contributed by atoms with van der Waals surface area (Å²) in [7, 11) is 0. The van der Waals surface area contributed by atoms with Gasteiger partial charge >= 0.3 is 0 Å². The fraction of sp³-hybridized carbons (Fsp3) is 0.222. The highest BCUT2D eigenvalue weighted by atomic mass is 16.6. The van der Waals surface area contributed by atoms with Gasteiger partial charge in [-0.15, -0.1) is 0 Å². The van der Waals surface area contributed by atoms with Crippen molar-refractivity contribution in [3.05, 3.63) is 40.1 Å². The minimum Gasteiger partial charge on any atom is -0.398 e. The van der Waals surface area contributed by atoms with Crippen LogP contribution in [0.2, 0.25) is 0 Å². The Morgan fingerprint density at radius 2 is 2.27 bits per heavy atom. The molecular formula is C9H10N4O2. The molecule has 0 aliphatic heterocycles. The van der Waals surface area contributed by atoms with Gasteiger partial charge in [-0.25, -0.2) is 4.63 Å². The molecule has 2 aromatic heterocycles. The summed E-state index contributed by atoms with van der Waals surface area (Å²) in [6.07, 6.45) is 1.57. The Morgan fingerprint density at radius 3 is 2.93 bits per heavy atom. The first-order valence-electron chi connectivity index (χ1n) is 4.41. The first-order valence-corrected chi connectivity index (χ1v) is 4.41. The van der Waals surface area contributed by atoms with Crippen molar-refractivity contribution >= 4 is 5.69 Å². The molecule has 2 heterocycles. The first kappa shape index (κ1) is 9.45. The molecule has 0 bridgehead atoms. The van der Waals surface area contributed by atoms with E-state index in [4.69, 9.17) is 5.73 Å². The molecule has 0 unspecified atom stereocenters. The lowest BCUT2D eigenvalue weighted by molar-refractivity contribution is 0.300. The van der Waals surface area contributed by atoms with Gasteiger partial charge in [0.1, 0.15) is 11.4 Å². The molecule has 0 spiro atoms. The van der Waals surface area contributed by atoms with Gasteiger partial charge in [-0.05, 0) is 13.0 Å². The van der Waals surface area contributed by atoms with Gasteiger partial charge in [0, 0.05) is 18.0 Å². The number of anilines is 1. The van der Waals surface area contributed by atoms with Gasteiger partial charge in [-0.1, -0.05) is 10.3 Å². The molecule has 0 aliphatic carbocycles. The lowest BCUT2D eigenvalue weighted by Gasteiger charge is -2.03. The van der Waals surface area contributed by atoms with Crippen LogP contribution in [-0.4, -0.2) is 14.9 Å². The summed E-state index contributed by atoms with van der Waals surface area (Å²) in [6, 6.07) is 2.98. The molecular weight excluding hydrogens is 196 g/mol. The highest BCUT2D eigenvalue weighted by molar-refractivity contribution is 5.33. The van der Waals surface area contributed by atoms with E-state index in [9.17, 15) is 4.79 Å². The summed E-state index contributed by atoms with van der Waals surface area (Å²) in [5.74, 6) is 0. The van der Waals surface area contributed by atoms with E-state index in [2.05, 4.69) is 14.9 Å². The number of rotatable bonds is 2. The first-order chi connectivity index (χ1) is 7.16. The molecule has 0 atom stereocenters. The van der Waals surface area contributed by atoms with Crippen molar-refractivity contribution in [2.24, 2.45) is 0 Å². The lowest BCUT2D eigenvalue weighted by Crippen LogP contribution is -2.20. The van der Waals surface area contributed by atoms with Gasteiger partial charge in [0.2, 0.25) is 0 Å². The third-order valence-electron chi connectivity index (χ3n) is 2.07. The van der Waals surface area contributed by atoms with E-state index in [0.717, 1.165) is 0 Å². The van der Waals surface area contributed by atoms with E-state index < -0.39 is 0 Å². The van der Waals surface area contributed by atoms with Crippen molar-refractivity contribution in [3.8, 4) is 0 Å². The number of nitrogens with two attached hydrogens (primary N) is 1. The van der Waals surface area contributed by atoms with Crippen molar-refractivity contribution in [2.45, 2.75) is 13.5 Å². The van der Waals surface area contributed by atoms with Crippen LogP contribution >= 0.6 is 0 Å². The number of hydrogen-bond acceptors (Lipinski definition) is 5. The summed E-state index contributed by atoms with van der Waals surface area (Å²) >= 11 is 0. The SMILES string of the molecule is Cc1nonc1Cn1cc(N)ccc1=O. The molecule has 0 saturated carbocycles. The van der Waals surface area contributed by atoms with Crippen LogP contribution in [0.25, 0.3) is 0 Å². The number of aryl methyl sites for hydroxylation is 1. The van der Waals surface area contributed by atoms with Gasteiger partial charge < -0.3 is 10.3 Å². The summed E-state index contributed by atoms with van der Waals surface area (Å²) < 4.78 is 6.00. The van der Waals surface area contributed by atoms with Gasteiger partial charge in [0.15, 0.2) is 0 Å². The second kappa shape index (κ2) is 3.56. The lowest BCUT2D eigenvalue weighted by atomic mass is 10.3. The second-order valence-corrected chi connectivity index (χ2v) is 3.22. The van der Waals surface area contributed by atoms with Gasteiger partial charge in [0.25, 0.3) is 5.56 Å². The Balaban J connectivity index is 2.36. The Labute approximate surface area is 85.3 Å². The van der Waals surface area contributed by atoms with Crippen LogP contribution in [0.15, 0.2) is 27.8 Å². The van der Waals surface area contributed by atoms with Crippen molar-refractivity contribution in [1.29, 1.82) is 0 Å². The second-order valence-electron chi connectivity index (χ2n) is 3.22. The fourth-order valence-electron chi connectivity index (χ4n) is 1.23. The number of pyridine rings is 1. The van der Waals surface area contributed by atoms with Crippen LogP contribution < -0.4 is 11.3 Å². The Kier molecular flexibility index (Phi) is 2.24. The number of nitrogen functional groups attached to an aromatic ring is 1. The molecule has 2 N–H and O–H groups in total. The number of hydrogen-bond donors (Lipinski definition) is 1. The van der Waals surface area contributed by atoms with Crippen LogP contribution in [0.5, 0.6) is 0 Å². The molecule has 6 nitrogen and oxygen atoms in total. The molecule has 0 aliphatic rings. The van der Waals surface area contributed by atoms with Crippen molar-refractivity contribution < 1.29 is 4.63 Å². The van der Waals surface area contributed by atoms with Crippen LogP contribution in [0.4, 0.5) is 5.69 Å². The van der Waals surface area contributed by atoms with Gasteiger partial charge in [-0.2, -0.15) is 0 Å². The van der Waals surface area contributed by atoms with E-state index in [0.29, 0.717) is 23.6 Å². The zero-order chi connectivity index (χ0) is 10.8. The molecule has 78 valence electrons. The summed E-state index contributed by atoms with van der Waals surface area (Å²) in [5, 5.41) is 7.33. The van der Waals surface area contributed by atoms with Crippen molar-refractivity contribution in [1.82, 2.24) is 14.9 Å². The Bertz CT molecular complexity index is 529. The number of nitrogens with zero attached hydrogens (tertiary/aromatic N) is 3. The van der Waals surface area contributed by atoms with Crippen LogP contribution in [0, 0.1) is 6.92 Å². The van der Waals surface area contributed by atoms with Crippen molar-refractivity contribution in [2.75, 3.05) is 5.73 Å². The molecule has 2 rings (SSSR count). The molecule has 2 aromatic rings. The minimum absolute atomic E-state index is 0.133. The van der Waals surface area contributed by atoms with Gasteiger partial charge in [-0.3, -0.25) is 4.79 Å². The summed E-state index contributed by atoms with van der Waals surface area (Å²) in [6.45, 7) is 2.09. The summed E-state index contributed by atoms with van der Waals surface area (Å²) in [5.41, 5.74) is 7.27. The fourth-order valence-corrected chi connectivity index (χ4v) is 1.23. The van der Waals surface area contributed by atoms with E-state index in [1.54, 1.807) is 19.2 Å². The number of aromatic nitrogens is 3. The maximum absolute atomic E-state index is 11.4. The quantitative estimate of drug-likeness (QED) is 0.756. The van der Waals surface area contributed by atoms with Crippen LogP contribution in [0.1, 0.15) is 11.4 Å². The zero-order valence-corrected chi connectivity index (χ0v) is 8.17. The van der Waals surface area contributed by atoms with Crippen molar-refractivity contribution in [3.63, 3.8) is 0 Å². The zero-order valence-electron chi connectivity index (χ0n) is 8.17. The van der Waals surface area contributed by atoms with Crippen LogP contribution in [0.3, 0.4) is 0 Å². The van der Waals surface area contributed by atoms with Gasteiger partial charge in [0.05, 0.1) is 6.54 Å². The van der Waals surface area contributed by atoms with E-state index in [1.807, 2.05) is 0 Å². The average molecular weight is 206 g/mol. The third-order valence-corrected chi connectivity index (χ3v) is 2.07. The predicted molar refractivity (Wildman–Crippen MR) is 53.3 cm³/mol. The minimum atomic E-state index is -0.133. The van der Waals surface area contributed by atoms with E-state index >= 15 is 0 Å². The Hall–Kier alpha value is -2.11. The predicted octanol–water partition coefficient (Wildman–Crippen LogP) is 0.170. The Morgan fingerprint density at radius 1 is 1.47 bits per heavy atom. The maximum atomic E-state index is 11.4. The van der Waals surface area contributed by atoms with E-state index in [1.165, 1.54) is 10.6 Å². The molecule has 0 aromatic carbocycles. The molecule has 0 fully saturated rings. The third kappa shape index (κ3) is 1.88. The molecule has 0 radical (unpaired) electrons. The molecule has 0 saturated heterocycles. The normalized spacial score (nSPS) is 10.5. The summed E-state index contributed by atoms with van der Waals surface area (Å²) in [4.78, 5) is 11.4. The standard InChI is InChI=1S/C9H10N4O2/c1-6-8(12-15-11-6)5-13-4-7(10)2-3-9(13)14/h2-4H,5,10H2,1H3. The molecule has 15 heavy (non-hydrogen) atoms. The van der Waals surface area contributed by atoms with Crippen LogP contribution in [-0.2, 0) is 6.54 Å². The highest BCUT2D eigenvalue weighted by Crippen LogP contribution is 2.03. The topological polar surface area (TPSA) is 86.9 Å². The highest BCUT2D eigenvalue weighted by Gasteiger charge is 2.06. The van der Waals surface area contributed by atoms with E-state index in [-0.39, 0.29) is 5.56 Å². The smallest absolute Gasteiger partial charge is 0.251 e. The maximum Gasteiger partial charge on any atom is 0.251 e. The largest absolute Gasteiger partial charge is 0.398 e. The molecule has 6 heteroatoms.